The lowest BCUT2D eigenvalue weighted by Gasteiger charge is -2.05. The van der Waals surface area contributed by atoms with Crippen LogP contribution in [0.1, 0.15) is 16.7 Å². The summed E-state index contributed by atoms with van der Waals surface area (Å²) in [6, 6.07) is 11.1. The van der Waals surface area contributed by atoms with Crippen molar-refractivity contribution in [2.45, 2.75) is 13.5 Å². The number of aromatic nitrogens is 1. The van der Waals surface area contributed by atoms with E-state index in [1.165, 1.54) is 6.20 Å². The molecule has 114 valence electrons. The minimum absolute atomic E-state index is 0.227. The maximum atomic E-state index is 13.2. The maximum absolute atomic E-state index is 13.2. The number of hydrogen-bond donors (Lipinski definition) is 1. The quantitative estimate of drug-likeness (QED) is 0.860. The van der Waals surface area contributed by atoms with Crippen LogP contribution >= 0.6 is 0 Å². The number of carbonyl (C=O) groups is 1. The van der Waals surface area contributed by atoms with Crippen LogP contribution in [0, 0.1) is 12.9 Å². The van der Waals surface area contributed by atoms with Crippen molar-refractivity contribution in [3.05, 3.63) is 71.3 Å². The lowest BCUT2D eigenvalue weighted by Crippen LogP contribution is -2.24. The van der Waals surface area contributed by atoms with Gasteiger partial charge >= 0.3 is 6.09 Å². The number of pyridine rings is 1. The predicted molar refractivity (Wildman–Crippen MR) is 82.6 cm³/mol. The predicted octanol–water partition coefficient (Wildman–Crippen LogP) is 3.47. The van der Waals surface area contributed by atoms with Gasteiger partial charge in [-0.15, -0.1) is 0 Å². The van der Waals surface area contributed by atoms with E-state index < -0.39 is 12.0 Å². The van der Waals surface area contributed by atoms with Gasteiger partial charge in [-0.05, 0) is 24.1 Å². The molecule has 0 bridgehead atoms. The fourth-order valence-electron chi connectivity index (χ4n) is 1.81. The van der Waals surface area contributed by atoms with E-state index in [2.05, 4.69) is 10.3 Å². The zero-order valence-corrected chi connectivity index (χ0v) is 12.3. The zero-order chi connectivity index (χ0) is 15.8. The summed E-state index contributed by atoms with van der Waals surface area (Å²) in [5, 5.41) is 2.60. The fourth-order valence-corrected chi connectivity index (χ4v) is 1.81. The van der Waals surface area contributed by atoms with Crippen LogP contribution in [-0.4, -0.2) is 17.6 Å². The zero-order valence-electron chi connectivity index (χ0n) is 12.3. The van der Waals surface area contributed by atoms with Gasteiger partial charge in [0.2, 0.25) is 5.95 Å². The number of halogens is 1. The Balaban J connectivity index is 1.75. The Morgan fingerprint density at radius 1 is 1.32 bits per heavy atom. The van der Waals surface area contributed by atoms with E-state index in [1.54, 1.807) is 25.1 Å². The average molecular weight is 300 g/mol. The number of ether oxygens (including phenoxy) is 1. The summed E-state index contributed by atoms with van der Waals surface area (Å²) in [5.74, 6) is -0.489. The van der Waals surface area contributed by atoms with Crippen LogP contribution in [0.3, 0.4) is 0 Å². The van der Waals surface area contributed by atoms with Crippen molar-refractivity contribution in [2.24, 2.45) is 0 Å². The Hall–Kier alpha value is -2.69. The largest absolute Gasteiger partial charge is 0.445 e. The van der Waals surface area contributed by atoms with Crippen LogP contribution in [0.25, 0.3) is 6.08 Å². The van der Waals surface area contributed by atoms with Gasteiger partial charge in [0.1, 0.15) is 6.61 Å². The third kappa shape index (κ3) is 4.70. The average Bonchev–Trinajstić information content (AvgIpc) is 2.54. The molecule has 0 unspecified atom stereocenters. The third-order valence-corrected chi connectivity index (χ3v) is 3.06. The highest BCUT2D eigenvalue weighted by molar-refractivity contribution is 5.67. The Bertz CT molecular complexity index is 657. The van der Waals surface area contributed by atoms with Crippen molar-refractivity contribution < 1.29 is 13.9 Å². The highest BCUT2D eigenvalue weighted by Gasteiger charge is 2.02. The molecule has 1 amide bonds. The highest BCUT2D eigenvalue weighted by atomic mass is 19.1. The van der Waals surface area contributed by atoms with Gasteiger partial charge in [-0.1, -0.05) is 42.5 Å². The van der Waals surface area contributed by atoms with Crippen LogP contribution in [-0.2, 0) is 11.3 Å². The van der Waals surface area contributed by atoms with Crippen molar-refractivity contribution in [3.8, 4) is 0 Å². The number of carbonyl (C=O) groups excluding carboxylic acids is 1. The molecule has 1 N–H and O–H groups in total. The third-order valence-electron chi connectivity index (χ3n) is 3.06. The van der Waals surface area contributed by atoms with Crippen molar-refractivity contribution in [1.29, 1.82) is 0 Å². The van der Waals surface area contributed by atoms with Gasteiger partial charge in [-0.25, -0.2) is 9.78 Å². The molecule has 0 saturated carbocycles. The normalized spacial score (nSPS) is 10.6. The van der Waals surface area contributed by atoms with Crippen molar-refractivity contribution >= 4 is 12.2 Å². The Labute approximate surface area is 128 Å². The number of nitrogens with one attached hydrogen (secondary N) is 1. The molecule has 0 aliphatic carbocycles. The first-order valence-electron chi connectivity index (χ1n) is 6.89. The molecule has 0 radical (unpaired) electrons. The van der Waals surface area contributed by atoms with Gasteiger partial charge in [-0.3, -0.25) is 0 Å². The topological polar surface area (TPSA) is 51.2 Å². The van der Waals surface area contributed by atoms with Crippen molar-refractivity contribution in [1.82, 2.24) is 10.3 Å². The maximum Gasteiger partial charge on any atom is 0.407 e. The molecule has 1 heterocycles. The summed E-state index contributed by atoms with van der Waals surface area (Å²) in [4.78, 5) is 15.1. The Morgan fingerprint density at radius 3 is 2.86 bits per heavy atom. The molecule has 1 aromatic carbocycles. The van der Waals surface area contributed by atoms with E-state index in [-0.39, 0.29) is 6.61 Å². The first kappa shape index (κ1) is 15.7. The highest BCUT2D eigenvalue weighted by Crippen LogP contribution is 2.10. The first-order valence-corrected chi connectivity index (χ1v) is 6.89. The summed E-state index contributed by atoms with van der Waals surface area (Å²) in [5.41, 5.74) is 2.13. The van der Waals surface area contributed by atoms with E-state index in [0.717, 1.165) is 11.1 Å². The van der Waals surface area contributed by atoms with Gasteiger partial charge in [-0.2, -0.15) is 4.39 Å². The monoisotopic (exact) mass is 300 g/mol. The molecule has 0 aliphatic heterocycles. The number of amides is 1. The molecule has 0 saturated heterocycles. The second kappa shape index (κ2) is 7.93. The van der Waals surface area contributed by atoms with Crippen LogP contribution < -0.4 is 5.32 Å². The molecule has 22 heavy (non-hydrogen) atoms. The van der Waals surface area contributed by atoms with Gasteiger partial charge in [0.15, 0.2) is 0 Å². The van der Waals surface area contributed by atoms with E-state index in [1.807, 2.05) is 30.3 Å². The molecule has 2 rings (SSSR count). The second-order valence-electron chi connectivity index (χ2n) is 4.66. The summed E-state index contributed by atoms with van der Waals surface area (Å²) < 4.78 is 18.3. The Morgan fingerprint density at radius 2 is 2.09 bits per heavy atom. The number of hydrogen-bond acceptors (Lipinski definition) is 3. The summed E-state index contributed by atoms with van der Waals surface area (Å²) in [7, 11) is 0. The van der Waals surface area contributed by atoms with E-state index in [9.17, 15) is 9.18 Å². The number of nitrogens with zero attached hydrogens (tertiary/aromatic N) is 1. The first-order chi connectivity index (χ1) is 10.7. The van der Waals surface area contributed by atoms with E-state index in [4.69, 9.17) is 4.74 Å². The summed E-state index contributed by atoms with van der Waals surface area (Å²) in [6.07, 6.45) is 4.37. The van der Waals surface area contributed by atoms with Crippen LogP contribution in [0.4, 0.5) is 9.18 Å². The van der Waals surface area contributed by atoms with Crippen LogP contribution in [0.5, 0.6) is 0 Å². The molecule has 4 nitrogen and oxygen atoms in total. The molecular formula is C17H17FN2O2. The molecule has 0 spiro atoms. The van der Waals surface area contributed by atoms with E-state index >= 15 is 0 Å². The number of benzene rings is 1. The van der Waals surface area contributed by atoms with Crippen LogP contribution in [0.15, 0.2) is 48.7 Å². The van der Waals surface area contributed by atoms with Crippen LogP contribution in [0.2, 0.25) is 0 Å². The number of alkyl carbamates (subject to hydrolysis) is 1. The standard InChI is InChI=1S/C17H17FN2O2/c1-13-15(9-11-19-16(13)18)8-5-10-20-17(21)22-12-14-6-3-2-4-7-14/h2-9,11H,10,12H2,1H3,(H,20,21). The molecular weight excluding hydrogens is 283 g/mol. The minimum atomic E-state index is -0.494. The fraction of sp³-hybridized carbons (Fsp3) is 0.176. The molecule has 2 aromatic rings. The van der Waals surface area contributed by atoms with Gasteiger partial charge in [0.25, 0.3) is 0 Å². The lowest BCUT2D eigenvalue weighted by atomic mass is 10.1. The SMILES string of the molecule is Cc1c(C=CCNC(=O)OCc2ccccc2)ccnc1F. The lowest BCUT2D eigenvalue weighted by molar-refractivity contribution is 0.141. The van der Waals surface area contributed by atoms with Crippen molar-refractivity contribution in [2.75, 3.05) is 6.54 Å². The molecule has 0 fully saturated rings. The Kier molecular flexibility index (Phi) is 5.65. The van der Waals surface area contributed by atoms with Gasteiger partial charge in [0, 0.05) is 18.3 Å². The smallest absolute Gasteiger partial charge is 0.407 e. The minimum Gasteiger partial charge on any atom is -0.445 e. The van der Waals surface area contributed by atoms with Gasteiger partial charge in [0.05, 0.1) is 0 Å². The van der Waals surface area contributed by atoms with E-state index in [0.29, 0.717) is 12.1 Å². The summed E-state index contributed by atoms with van der Waals surface area (Å²) in [6.45, 7) is 2.19. The molecule has 0 atom stereocenters. The number of rotatable bonds is 5. The summed E-state index contributed by atoms with van der Waals surface area (Å²) >= 11 is 0. The second-order valence-corrected chi connectivity index (χ2v) is 4.66. The molecule has 1 aromatic heterocycles. The molecule has 0 aliphatic rings. The van der Waals surface area contributed by atoms with Crippen molar-refractivity contribution in [3.63, 3.8) is 0 Å². The molecule has 5 heteroatoms. The van der Waals surface area contributed by atoms with Gasteiger partial charge < -0.3 is 10.1 Å².